The summed E-state index contributed by atoms with van der Waals surface area (Å²) in [5, 5.41) is 0. The second-order valence-corrected chi connectivity index (χ2v) is 6.91. The van der Waals surface area contributed by atoms with E-state index in [2.05, 4.69) is 61.6 Å². The van der Waals surface area contributed by atoms with Crippen LogP contribution in [0, 0.1) is 8.99 Å². The molecule has 1 aliphatic carbocycles. The molecule has 1 aliphatic heterocycles. The van der Waals surface area contributed by atoms with Gasteiger partial charge in [-0.1, -0.05) is 6.42 Å². The van der Waals surface area contributed by atoms with Gasteiger partial charge in [0.05, 0.1) is 5.69 Å². The third-order valence-corrected chi connectivity index (χ3v) is 5.02. The smallest absolute Gasteiger partial charge is 0.0511 e. The van der Waals surface area contributed by atoms with Crippen molar-refractivity contribution in [2.24, 2.45) is 5.41 Å². The van der Waals surface area contributed by atoms with Gasteiger partial charge in [-0.25, -0.2) is 0 Å². The summed E-state index contributed by atoms with van der Waals surface area (Å²) in [5.41, 5.74) is 2.08. The van der Waals surface area contributed by atoms with Gasteiger partial charge < -0.3 is 4.90 Å². The molecule has 0 bridgehead atoms. The molecule has 0 atom stereocenters. The zero-order chi connectivity index (χ0) is 10.5. The lowest BCUT2D eigenvalue weighted by atomic mass is 9.63. The number of rotatable bonds is 1. The summed E-state index contributed by atoms with van der Waals surface area (Å²) in [5.74, 6) is 0. The van der Waals surface area contributed by atoms with Crippen LogP contribution >= 0.6 is 38.5 Å². The Labute approximate surface area is 112 Å². The first-order chi connectivity index (χ1) is 7.19. The number of nitrogens with zero attached hydrogens (tertiary/aromatic N) is 1. The largest absolute Gasteiger partial charge is 0.369 e. The Morgan fingerprint density at radius 2 is 2.00 bits per heavy atom. The van der Waals surface area contributed by atoms with Gasteiger partial charge in [0.1, 0.15) is 0 Å². The molecule has 0 N–H and O–H groups in total. The van der Waals surface area contributed by atoms with Crippen molar-refractivity contribution in [2.45, 2.75) is 19.3 Å². The Morgan fingerprint density at radius 1 is 1.27 bits per heavy atom. The quantitative estimate of drug-likeness (QED) is 0.667. The van der Waals surface area contributed by atoms with Crippen LogP contribution in [0.15, 0.2) is 22.7 Å². The molecule has 0 unspecified atom stereocenters. The molecular formula is C12H13BrIN. The maximum atomic E-state index is 3.65. The highest BCUT2D eigenvalue weighted by Crippen LogP contribution is 2.50. The zero-order valence-corrected chi connectivity index (χ0v) is 12.2. The molecule has 1 heterocycles. The molecular weight excluding hydrogens is 365 g/mol. The average Bonchev–Trinajstić information content (AvgIpc) is 2.03. The standard InChI is InChI=1S/C12H13BrIN/c13-10-6-9(14)2-3-11(10)15-7-12(8-15)4-1-5-12/h2-3,6H,1,4-5,7-8H2. The lowest BCUT2D eigenvalue weighted by Gasteiger charge is -2.57. The number of halogens is 2. The molecule has 3 rings (SSSR count). The lowest BCUT2D eigenvalue weighted by Crippen LogP contribution is -2.59. The first-order valence-electron chi connectivity index (χ1n) is 5.39. The van der Waals surface area contributed by atoms with Gasteiger partial charge in [-0.05, 0) is 69.6 Å². The Morgan fingerprint density at radius 3 is 2.53 bits per heavy atom. The molecule has 0 radical (unpaired) electrons. The van der Waals surface area contributed by atoms with E-state index in [1.165, 1.54) is 46.1 Å². The summed E-state index contributed by atoms with van der Waals surface area (Å²) in [6, 6.07) is 6.62. The minimum absolute atomic E-state index is 0.711. The van der Waals surface area contributed by atoms with E-state index in [9.17, 15) is 0 Å². The fraction of sp³-hybridized carbons (Fsp3) is 0.500. The average molecular weight is 378 g/mol. The first-order valence-corrected chi connectivity index (χ1v) is 7.26. The first kappa shape index (κ1) is 10.4. The fourth-order valence-electron chi connectivity index (χ4n) is 2.66. The van der Waals surface area contributed by atoms with E-state index in [4.69, 9.17) is 0 Å². The minimum Gasteiger partial charge on any atom is -0.369 e. The summed E-state index contributed by atoms with van der Waals surface area (Å²) < 4.78 is 2.53. The Kier molecular flexibility index (Phi) is 2.51. The molecule has 0 aromatic heterocycles. The van der Waals surface area contributed by atoms with Crippen LogP contribution in [0.1, 0.15) is 19.3 Å². The number of hydrogen-bond donors (Lipinski definition) is 0. The number of hydrogen-bond acceptors (Lipinski definition) is 1. The summed E-state index contributed by atoms with van der Waals surface area (Å²) in [6.07, 6.45) is 4.35. The monoisotopic (exact) mass is 377 g/mol. The third-order valence-electron chi connectivity index (χ3n) is 3.72. The molecule has 1 saturated carbocycles. The van der Waals surface area contributed by atoms with Crippen molar-refractivity contribution in [2.75, 3.05) is 18.0 Å². The lowest BCUT2D eigenvalue weighted by molar-refractivity contribution is 0.0903. The van der Waals surface area contributed by atoms with Crippen molar-refractivity contribution in [3.8, 4) is 0 Å². The van der Waals surface area contributed by atoms with Crippen molar-refractivity contribution < 1.29 is 0 Å². The summed E-state index contributed by atoms with van der Waals surface area (Å²) >= 11 is 6.01. The SMILES string of the molecule is Brc1cc(I)ccc1N1CC2(CCC2)C1. The molecule has 0 amide bonds. The van der Waals surface area contributed by atoms with Crippen molar-refractivity contribution in [1.82, 2.24) is 0 Å². The molecule has 2 aliphatic rings. The Hall–Kier alpha value is 0.230. The molecule has 80 valence electrons. The van der Waals surface area contributed by atoms with Crippen molar-refractivity contribution in [3.63, 3.8) is 0 Å². The van der Waals surface area contributed by atoms with Gasteiger partial charge in [0.2, 0.25) is 0 Å². The van der Waals surface area contributed by atoms with Crippen LogP contribution in [0.2, 0.25) is 0 Å². The molecule has 1 aromatic carbocycles. The van der Waals surface area contributed by atoms with Gasteiger partial charge in [-0.3, -0.25) is 0 Å². The van der Waals surface area contributed by atoms with Crippen LogP contribution < -0.4 is 4.90 Å². The highest BCUT2D eigenvalue weighted by molar-refractivity contribution is 14.1. The van der Waals surface area contributed by atoms with Gasteiger partial charge in [0.25, 0.3) is 0 Å². The zero-order valence-electron chi connectivity index (χ0n) is 8.47. The second kappa shape index (κ2) is 3.62. The molecule has 3 heteroatoms. The Balaban J connectivity index is 1.77. The van der Waals surface area contributed by atoms with E-state index in [1.54, 1.807) is 0 Å². The fourth-order valence-corrected chi connectivity index (χ4v) is 4.21. The van der Waals surface area contributed by atoms with Gasteiger partial charge in [0.15, 0.2) is 0 Å². The van der Waals surface area contributed by atoms with Crippen molar-refractivity contribution in [3.05, 3.63) is 26.2 Å². The molecule has 15 heavy (non-hydrogen) atoms. The van der Waals surface area contributed by atoms with Crippen molar-refractivity contribution >= 4 is 44.2 Å². The summed E-state index contributed by atoms with van der Waals surface area (Å²) in [7, 11) is 0. The van der Waals surface area contributed by atoms with Gasteiger partial charge in [0, 0.05) is 26.5 Å². The van der Waals surface area contributed by atoms with Crippen LogP contribution in [-0.4, -0.2) is 13.1 Å². The predicted octanol–water partition coefficient (Wildman–Crippen LogP) is 4.04. The molecule has 1 saturated heterocycles. The summed E-state index contributed by atoms with van der Waals surface area (Å²) in [4.78, 5) is 2.50. The van der Waals surface area contributed by atoms with Crippen molar-refractivity contribution in [1.29, 1.82) is 0 Å². The van der Waals surface area contributed by atoms with Gasteiger partial charge in [-0.2, -0.15) is 0 Å². The highest BCUT2D eigenvalue weighted by Gasteiger charge is 2.47. The van der Waals surface area contributed by atoms with E-state index in [0.717, 1.165) is 0 Å². The van der Waals surface area contributed by atoms with Crippen LogP contribution in [-0.2, 0) is 0 Å². The van der Waals surface area contributed by atoms with Crippen LogP contribution in [0.4, 0.5) is 5.69 Å². The minimum atomic E-state index is 0.711. The number of benzene rings is 1. The maximum absolute atomic E-state index is 3.65. The van der Waals surface area contributed by atoms with Crippen LogP contribution in [0.5, 0.6) is 0 Å². The van der Waals surface area contributed by atoms with Gasteiger partial charge in [-0.15, -0.1) is 0 Å². The van der Waals surface area contributed by atoms with E-state index >= 15 is 0 Å². The van der Waals surface area contributed by atoms with E-state index in [-0.39, 0.29) is 0 Å². The van der Waals surface area contributed by atoms with E-state index in [0.29, 0.717) is 5.41 Å². The molecule has 1 aromatic rings. The number of anilines is 1. The Bertz CT molecular complexity index is 393. The topological polar surface area (TPSA) is 3.24 Å². The molecule has 2 fully saturated rings. The third kappa shape index (κ3) is 1.71. The predicted molar refractivity (Wildman–Crippen MR) is 75.4 cm³/mol. The normalized spacial score (nSPS) is 22.4. The van der Waals surface area contributed by atoms with E-state index in [1.807, 2.05) is 0 Å². The van der Waals surface area contributed by atoms with Crippen LogP contribution in [0.25, 0.3) is 0 Å². The van der Waals surface area contributed by atoms with E-state index < -0.39 is 0 Å². The maximum Gasteiger partial charge on any atom is 0.0511 e. The highest BCUT2D eigenvalue weighted by atomic mass is 127. The molecule has 1 spiro atoms. The molecule has 1 nitrogen and oxygen atoms in total. The second-order valence-electron chi connectivity index (χ2n) is 4.81. The summed E-state index contributed by atoms with van der Waals surface area (Å²) in [6.45, 7) is 2.54. The van der Waals surface area contributed by atoms with Gasteiger partial charge >= 0.3 is 0 Å². The van der Waals surface area contributed by atoms with Crippen LogP contribution in [0.3, 0.4) is 0 Å².